The maximum atomic E-state index is 12.1. The zero-order valence-corrected chi connectivity index (χ0v) is 13.5. The molecule has 0 heterocycles. The topological polar surface area (TPSA) is 66.4 Å². The molecule has 0 aliphatic heterocycles. The second-order valence-corrected chi connectivity index (χ2v) is 6.43. The van der Waals surface area contributed by atoms with Gasteiger partial charge < -0.3 is 10.4 Å². The molecule has 0 aliphatic rings. The van der Waals surface area contributed by atoms with Crippen LogP contribution in [0.3, 0.4) is 0 Å². The Kier molecular flexibility index (Phi) is 4.96. The molecule has 23 heavy (non-hydrogen) atoms. The van der Waals surface area contributed by atoms with E-state index in [1.165, 1.54) is 0 Å². The molecule has 2 aromatic rings. The fourth-order valence-electron chi connectivity index (χ4n) is 2.15. The largest absolute Gasteiger partial charge is 0.367 e. The molecule has 1 amide bonds. The average Bonchev–Trinajstić information content (AvgIpc) is 2.54. The Labute approximate surface area is 136 Å². The first-order valence-corrected chi connectivity index (χ1v) is 7.48. The molecule has 120 valence electrons. The van der Waals surface area contributed by atoms with Crippen LogP contribution in [0, 0.1) is 0 Å². The van der Waals surface area contributed by atoms with E-state index in [-0.39, 0.29) is 5.41 Å². The van der Waals surface area contributed by atoms with Crippen LogP contribution in [0.5, 0.6) is 0 Å². The number of benzene rings is 2. The number of Topliss-reactive ketones (excluding diaryl/α,β-unsaturated/α-hetero) is 1. The number of ketones is 1. The second-order valence-electron chi connectivity index (χ2n) is 6.43. The van der Waals surface area contributed by atoms with Crippen molar-refractivity contribution >= 4 is 11.7 Å². The minimum atomic E-state index is -1.56. The van der Waals surface area contributed by atoms with Gasteiger partial charge in [-0.3, -0.25) is 9.59 Å². The normalized spacial score (nSPS) is 12.5. The van der Waals surface area contributed by atoms with Crippen molar-refractivity contribution in [3.63, 3.8) is 0 Å². The first-order chi connectivity index (χ1) is 10.8. The van der Waals surface area contributed by atoms with Gasteiger partial charge in [-0.15, -0.1) is 0 Å². The molecule has 2 N–H and O–H groups in total. The van der Waals surface area contributed by atoms with Gasteiger partial charge >= 0.3 is 0 Å². The van der Waals surface area contributed by atoms with E-state index in [4.69, 9.17) is 0 Å². The van der Waals surface area contributed by atoms with Crippen molar-refractivity contribution in [3.8, 4) is 0 Å². The van der Waals surface area contributed by atoms with E-state index < -0.39 is 17.9 Å². The molecule has 0 aromatic heterocycles. The Morgan fingerprint density at radius 1 is 0.913 bits per heavy atom. The van der Waals surface area contributed by atoms with E-state index in [1.807, 2.05) is 12.1 Å². The van der Waals surface area contributed by atoms with Crippen LogP contribution in [0.2, 0.25) is 0 Å². The highest BCUT2D eigenvalue weighted by Gasteiger charge is 2.20. The molecule has 0 saturated carbocycles. The molecule has 0 radical (unpaired) electrons. The zero-order valence-electron chi connectivity index (χ0n) is 13.5. The van der Waals surface area contributed by atoms with Crippen molar-refractivity contribution in [2.45, 2.75) is 32.4 Å². The first kappa shape index (κ1) is 16.9. The average molecular weight is 311 g/mol. The Morgan fingerprint density at radius 3 is 2.00 bits per heavy atom. The van der Waals surface area contributed by atoms with Crippen LogP contribution in [0.1, 0.15) is 47.1 Å². The van der Waals surface area contributed by atoms with Crippen molar-refractivity contribution in [1.82, 2.24) is 5.32 Å². The Morgan fingerprint density at radius 2 is 1.48 bits per heavy atom. The monoisotopic (exact) mass is 311 g/mol. The van der Waals surface area contributed by atoms with Crippen LogP contribution in [0.25, 0.3) is 0 Å². The van der Waals surface area contributed by atoms with Crippen LogP contribution in [-0.4, -0.2) is 23.0 Å². The quantitative estimate of drug-likeness (QED) is 0.674. The standard InChI is InChI=1S/C19H21NO3/c1-19(2,3)15-11-9-14(10-12-15)17(22)20-18(23)16(21)13-7-5-4-6-8-13/h4-12,18,23H,1-3H3,(H,20,22)/t18-/m1/s1. The highest BCUT2D eigenvalue weighted by molar-refractivity contribution is 6.03. The Bertz CT molecular complexity index is 685. The van der Waals surface area contributed by atoms with E-state index in [2.05, 4.69) is 26.1 Å². The maximum absolute atomic E-state index is 12.1. The molecular weight excluding hydrogens is 290 g/mol. The molecule has 0 spiro atoms. The third kappa shape index (κ3) is 4.27. The summed E-state index contributed by atoms with van der Waals surface area (Å²) in [6.45, 7) is 6.26. The summed E-state index contributed by atoms with van der Waals surface area (Å²) >= 11 is 0. The summed E-state index contributed by atoms with van der Waals surface area (Å²) in [7, 11) is 0. The van der Waals surface area contributed by atoms with Gasteiger partial charge in [-0.1, -0.05) is 63.2 Å². The van der Waals surface area contributed by atoms with Gasteiger partial charge in [-0.05, 0) is 23.1 Å². The summed E-state index contributed by atoms with van der Waals surface area (Å²) in [6, 6.07) is 15.5. The van der Waals surface area contributed by atoms with Crippen molar-refractivity contribution in [2.24, 2.45) is 0 Å². The summed E-state index contributed by atoms with van der Waals surface area (Å²) in [4.78, 5) is 24.2. The highest BCUT2D eigenvalue weighted by Crippen LogP contribution is 2.22. The van der Waals surface area contributed by atoms with Crippen LogP contribution in [0.15, 0.2) is 54.6 Å². The molecule has 0 fully saturated rings. The number of carbonyl (C=O) groups excluding carboxylic acids is 2. The zero-order chi connectivity index (χ0) is 17.0. The summed E-state index contributed by atoms with van der Waals surface area (Å²) in [5.74, 6) is -1.02. The number of aliphatic hydroxyl groups is 1. The Hall–Kier alpha value is -2.46. The van der Waals surface area contributed by atoms with Gasteiger partial charge in [0.15, 0.2) is 6.23 Å². The van der Waals surface area contributed by atoms with Crippen LogP contribution in [0.4, 0.5) is 0 Å². The summed E-state index contributed by atoms with van der Waals surface area (Å²) in [6.07, 6.45) is -1.56. The number of rotatable bonds is 4. The minimum Gasteiger partial charge on any atom is -0.367 e. The lowest BCUT2D eigenvalue weighted by atomic mass is 9.87. The van der Waals surface area contributed by atoms with Gasteiger partial charge in [0.05, 0.1) is 0 Å². The van der Waals surface area contributed by atoms with Gasteiger partial charge in [0.1, 0.15) is 0 Å². The number of carbonyl (C=O) groups is 2. The summed E-state index contributed by atoms with van der Waals surface area (Å²) in [5, 5.41) is 12.2. The molecule has 0 saturated heterocycles. The van der Waals surface area contributed by atoms with Crippen molar-refractivity contribution in [2.75, 3.05) is 0 Å². The molecule has 4 nitrogen and oxygen atoms in total. The number of aliphatic hydroxyl groups excluding tert-OH is 1. The van der Waals surface area contributed by atoms with Gasteiger partial charge in [0.2, 0.25) is 5.78 Å². The third-order valence-corrected chi connectivity index (χ3v) is 3.59. The fourth-order valence-corrected chi connectivity index (χ4v) is 2.15. The van der Waals surface area contributed by atoms with E-state index in [9.17, 15) is 14.7 Å². The molecule has 1 atom stereocenters. The summed E-state index contributed by atoms with van der Waals surface area (Å²) in [5.41, 5.74) is 1.86. The SMILES string of the molecule is CC(C)(C)c1ccc(C(=O)N[C@H](O)C(=O)c2ccccc2)cc1. The predicted octanol–water partition coefficient (Wildman–Crippen LogP) is 2.92. The molecule has 2 rings (SSSR count). The Balaban J connectivity index is 2.05. The van der Waals surface area contributed by atoms with Gasteiger partial charge in [0, 0.05) is 11.1 Å². The molecular formula is C19H21NO3. The van der Waals surface area contributed by atoms with Crippen molar-refractivity contribution < 1.29 is 14.7 Å². The molecule has 2 aromatic carbocycles. The van der Waals surface area contributed by atoms with E-state index in [0.717, 1.165) is 5.56 Å². The highest BCUT2D eigenvalue weighted by atomic mass is 16.3. The van der Waals surface area contributed by atoms with Gasteiger partial charge in [-0.25, -0.2) is 0 Å². The van der Waals surface area contributed by atoms with E-state index >= 15 is 0 Å². The third-order valence-electron chi connectivity index (χ3n) is 3.59. The molecule has 4 heteroatoms. The number of hydrogen-bond donors (Lipinski definition) is 2. The van der Waals surface area contributed by atoms with Gasteiger partial charge in [0.25, 0.3) is 5.91 Å². The fraction of sp³-hybridized carbons (Fsp3) is 0.263. The van der Waals surface area contributed by atoms with Crippen LogP contribution < -0.4 is 5.32 Å². The van der Waals surface area contributed by atoms with Gasteiger partial charge in [-0.2, -0.15) is 0 Å². The molecule has 0 aliphatic carbocycles. The summed E-state index contributed by atoms with van der Waals surface area (Å²) < 4.78 is 0. The van der Waals surface area contributed by atoms with E-state index in [0.29, 0.717) is 11.1 Å². The number of hydrogen-bond acceptors (Lipinski definition) is 3. The number of amides is 1. The smallest absolute Gasteiger partial charge is 0.253 e. The lowest BCUT2D eigenvalue weighted by molar-refractivity contribution is 0.0607. The maximum Gasteiger partial charge on any atom is 0.253 e. The van der Waals surface area contributed by atoms with Crippen molar-refractivity contribution in [3.05, 3.63) is 71.3 Å². The minimum absolute atomic E-state index is 0.00219. The van der Waals surface area contributed by atoms with Crippen LogP contribution >= 0.6 is 0 Å². The first-order valence-electron chi connectivity index (χ1n) is 7.48. The van der Waals surface area contributed by atoms with Crippen molar-refractivity contribution in [1.29, 1.82) is 0 Å². The molecule has 0 unspecified atom stereocenters. The lowest BCUT2D eigenvalue weighted by Gasteiger charge is -2.19. The van der Waals surface area contributed by atoms with Crippen LogP contribution in [-0.2, 0) is 5.41 Å². The number of nitrogens with one attached hydrogen (secondary N) is 1. The van der Waals surface area contributed by atoms with E-state index in [1.54, 1.807) is 42.5 Å². The predicted molar refractivity (Wildman–Crippen MR) is 89.4 cm³/mol. The second kappa shape index (κ2) is 6.75. The molecule has 0 bridgehead atoms. The lowest BCUT2D eigenvalue weighted by Crippen LogP contribution is -2.40.